The summed E-state index contributed by atoms with van der Waals surface area (Å²) in [6, 6.07) is 0.394. The molecule has 112 valence electrons. The van der Waals surface area contributed by atoms with E-state index in [1.165, 1.54) is 18.0 Å². The Balaban J connectivity index is 1.75. The van der Waals surface area contributed by atoms with Gasteiger partial charge in [0.1, 0.15) is 5.82 Å². The van der Waals surface area contributed by atoms with Crippen LogP contribution in [-0.4, -0.2) is 39.3 Å². The molecule has 1 N–H and O–H groups in total. The minimum Gasteiger partial charge on any atom is -0.360 e. The number of aromatic nitrogens is 2. The molecule has 1 aliphatic heterocycles. The molecule has 0 radical (unpaired) electrons. The van der Waals surface area contributed by atoms with Gasteiger partial charge in [0.05, 0.1) is 0 Å². The van der Waals surface area contributed by atoms with E-state index in [1.807, 2.05) is 4.90 Å². The van der Waals surface area contributed by atoms with Crippen molar-refractivity contribution >= 4 is 22.6 Å². The van der Waals surface area contributed by atoms with Crippen LogP contribution in [0.4, 0.5) is 5.13 Å². The Morgan fingerprint density at radius 2 is 2.30 bits per heavy atom. The van der Waals surface area contributed by atoms with Crippen molar-refractivity contribution < 1.29 is 4.79 Å². The number of nitrogens with one attached hydrogen (secondary N) is 1. The van der Waals surface area contributed by atoms with Crippen LogP contribution in [0.3, 0.4) is 0 Å². The summed E-state index contributed by atoms with van der Waals surface area (Å²) in [5.74, 6) is 1.46. The number of hydrogen-bond donors (Lipinski definition) is 1. The molecule has 2 rings (SSSR count). The first-order valence-corrected chi connectivity index (χ1v) is 8.22. The highest BCUT2D eigenvalue weighted by molar-refractivity contribution is 7.09. The van der Waals surface area contributed by atoms with E-state index in [0.717, 1.165) is 30.3 Å². The zero-order valence-electron chi connectivity index (χ0n) is 12.6. The maximum atomic E-state index is 12.2. The maximum Gasteiger partial charge on any atom is 0.224 e. The van der Waals surface area contributed by atoms with Crippen molar-refractivity contribution in [2.75, 3.05) is 18.4 Å². The molecule has 0 aliphatic carbocycles. The van der Waals surface area contributed by atoms with E-state index in [1.54, 1.807) is 0 Å². The topological polar surface area (TPSA) is 58.1 Å². The Labute approximate surface area is 124 Å². The van der Waals surface area contributed by atoms with E-state index in [2.05, 4.69) is 35.4 Å². The number of rotatable bonds is 5. The summed E-state index contributed by atoms with van der Waals surface area (Å²) in [5, 5.41) is 4.02. The van der Waals surface area contributed by atoms with E-state index in [9.17, 15) is 4.79 Å². The summed E-state index contributed by atoms with van der Waals surface area (Å²) in [5.41, 5.74) is 0. The fraction of sp³-hybridized carbons (Fsp3) is 0.786. The summed E-state index contributed by atoms with van der Waals surface area (Å²) < 4.78 is 4.29. The van der Waals surface area contributed by atoms with Gasteiger partial charge >= 0.3 is 0 Å². The van der Waals surface area contributed by atoms with Crippen molar-refractivity contribution in [1.82, 2.24) is 14.3 Å². The normalized spacial score (nSPS) is 19.4. The molecule has 1 atom stereocenters. The standard InChI is InChI=1S/C14H24N4OS/c1-10(2)13-16-14(20-17-13)15-8-7-12(19)18-9-5-4-6-11(18)3/h10-11H,4-9H2,1-3H3,(H,15,16,17)/t11-/m1/s1. The Bertz CT molecular complexity index is 446. The van der Waals surface area contributed by atoms with Gasteiger partial charge < -0.3 is 10.2 Å². The molecule has 2 heterocycles. The molecule has 1 aromatic rings. The zero-order chi connectivity index (χ0) is 14.5. The second-order valence-corrected chi connectivity index (χ2v) is 6.47. The van der Waals surface area contributed by atoms with Crippen LogP contribution in [0.5, 0.6) is 0 Å². The summed E-state index contributed by atoms with van der Waals surface area (Å²) in [6.45, 7) is 7.84. The van der Waals surface area contributed by atoms with Crippen molar-refractivity contribution in [3.63, 3.8) is 0 Å². The van der Waals surface area contributed by atoms with Crippen molar-refractivity contribution in [3.05, 3.63) is 5.82 Å². The van der Waals surface area contributed by atoms with Crippen LogP contribution in [0.15, 0.2) is 0 Å². The zero-order valence-corrected chi connectivity index (χ0v) is 13.4. The first-order chi connectivity index (χ1) is 9.58. The van der Waals surface area contributed by atoms with Crippen molar-refractivity contribution in [1.29, 1.82) is 0 Å². The molecular formula is C14H24N4OS. The maximum absolute atomic E-state index is 12.2. The summed E-state index contributed by atoms with van der Waals surface area (Å²) in [7, 11) is 0. The monoisotopic (exact) mass is 296 g/mol. The largest absolute Gasteiger partial charge is 0.360 e. The number of amides is 1. The highest BCUT2D eigenvalue weighted by atomic mass is 32.1. The minimum absolute atomic E-state index is 0.248. The highest BCUT2D eigenvalue weighted by Gasteiger charge is 2.22. The molecule has 1 aliphatic rings. The molecule has 0 unspecified atom stereocenters. The van der Waals surface area contributed by atoms with Crippen molar-refractivity contribution in [3.8, 4) is 0 Å². The fourth-order valence-corrected chi connectivity index (χ4v) is 3.16. The first-order valence-electron chi connectivity index (χ1n) is 7.45. The third-order valence-corrected chi connectivity index (χ3v) is 4.38. The van der Waals surface area contributed by atoms with E-state index >= 15 is 0 Å². The van der Waals surface area contributed by atoms with Gasteiger partial charge in [0.15, 0.2) is 0 Å². The lowest BCUT2D eigenvalue weighted by Crippen LogP contribution is -2.42. The van der Waals surface area contributed by atoms with E-state index < -0.39 is 0 Å². The van der Waals surface area contributed by atoms with Crippen LogP contribution in [0.25, 0.3) is 0 Å². The second-order valence-electron chi connectivity index (χ2n) is 5.72. The molecule has 0 aromatic carbocycles. The van der Waals surface area contributed by atoms with Gasteiger partial charge in [0, 0.05) is 43.0 Å². The Hall–Kier alpha value is -1.17. The van der Waals surface area contributed by atoms with Gasteiger partial charge in [-0.3, -0.25) is 4.79 Å². The molecular weight excluding hydrogens is 272 g/mol. The van der Waals surface area contributed by atoms with Crippen LogP contribution in [0, 0.1) is 0 Å². The van der Waals surface area contributed by atoms with E-state index in [4.69, 9.17) is 0 Å². The minimum atomic E-state index is 0.248. The summed E-state index contributed by atoms with van der Waals surface area (Å²) >= 11 is 1.37. The lowest BCUT2D eigenvalue weighted by atomic mass is 10.0. The van der Waals surface area contributed by atoms with Crippen LogP contribution in [-0.2, 0) is 4.79 Å². The van der Waals surface area contributed by atoms with Gasteiger partial charge in [-0.25, -0.2) is 4.98 Å². The number of anilines is 1. The number of hydrogen-bond acceptors (Lipinski definition) is 5. The SMILES string of the molecule is CC(C)c1nsc(NCCC(=O)N2CCCC[C@H]2C)n1. The lowest BCUT2D eigenvalue weighted by molar-refractivity contribution is -0.134. The van der Waals surface area contributed by atoms with Crippen molar-refractivity contribution in [2.24, 2.45) is 0 Å². The van der Waals surface area contributed by atoms with Crippen LogP contribution in [0.1, 0.15) is 58.2 Å². The molecule has 1 fully saturated rings. The number of piperidine rings is 1. The molecule has 5 nitrogen and oxygen atoms in total. The molecule has 0 bridgehead atoms. The summed E-state index contributed by atoms with van der Waals surface area (Å²) in [6.07, 6.45) is 4.04. The molecule has 6 heteroatoms. The Morgan fingerprint density at radius 3 is 2.95 bits per heavy atom. The van der Waals surface area contributed by atoms with Gasteiger partial charge in [-0.15, -0.1) is 0 Å². The third-order valence-electron chi connectivity index (χ3n) is 3.70. The summed E-state index contributed by atoms with van der Waals surface area (Å²) in [4.78, 5) is 18.6. The Morgan fingerprint density at radius 1 is 1.50 bits per heavy atom. The fourth-order valence-electron chi connectivity index (χ4n) is 2.43. The molecule has 1 saturated heterocycles. The first kappa shape index (κ1) is 15.2. The van der Waals surface area contributed by atoms with Gasteiger partial charge in [-0.1, -0.05) is 13.8 Å². The van der Waals surface area contributed by atoms with Crippen LogP contribution >= 0.6 is 11.5 Å². The molecule has 0 saturated carbocycles. The number of nitrogens with zero attached hydrogens (tertiary/aromatic N) is 3. The van der Waals surface area contributed by atoms with Gasteiger partial charge in [0.2, 0.25) is 11.0 Å². The van der Waals surface area contributed by atoms with Gasteiger partial charge in [-0.05, 0) is 26.2 Å². The predicted molar refractivity (Wildman–Crippen MR) is 82.1 cm³/mol. The second kappa shape index (κ2) is 7.02. The quantitative estimate of drug-likeness (QED) is 0.907. The van der Waals surface area contributed by atoms with E-state index in [-0.39, 0.29) is 5.91 Å². The van der Waals surface area contributed by atoms with Gasteiger partial charge in [-0.2, -0.15) is 4.37 Å². The number of carbonyl (C=O) groups is 1. The van der Waals surface area contributed by atoms with Gasteiger partial charge in [0.25, 0.3) is 0 Å². The Kier molecular flexibility index (Phi) is 5.34. The lowest BCUT2D eigenvalue weighted by Gasteiger charge is -2.33. The van der Waals surface area contributed by atoms with Crippen LogP contribution < -0.4 is 5.32 Å². The average Bonchev–Trinajstić information content (AvgIpc) is 2.88. The number of carbonyl (C=O) groups excluding carboxylic acids is 1. The molecule has 1 amide bonds. The number of likely N-dealkylation sites (tertiary alicyclic amines) is 1. The average molecular weight is 296 g/mol. The molecule has 20 heavy (non-hydrogen) atoms. The predicted octanol–water partition coefficient (Wildman–Crippen LogP) is 2.86. The van der Waals surface area contributed by atoms with E-state index in [0.29, 0.717) is 24.9 Å². The highest BCUT2D eigenvalue weighted by Crippen LogP contribution is 2.19. The molecule has 0 spiro atoms. The smallest absolute Gasteiger partial charge is 0.224 e. The van der Waals surface area contributed by atoms with Crippen LogP contribution in [0.2, 0.25) is 0 Å². The third kappa shape index (κ3) is 3.91. The van der Waals surface area contributed by atoms with Crippen molar-refractivity contribution in [2.45, 2.75) is 58.4 Å². The molecule has 1 aromatic heterocycles.